The number of amides is 1. The molecule has 0 aliphatic heterocycles. The third-order valence-electron chi connectivity index (χ3n) is 3.55. The lowest BCUT2D eigenvalue weighted by atomic mass is 10.0. The molecule has 2 aromatic carbocycles. The van der Waals surface area contributed by atoms with Crippen LogP contribution in [0.25, 0.3) is 0 Å². The third kappa shape index (κ3) is 5.71. The van der Waals surface area contributed by atoms with E-state index in [1.807, 2.05) is 36.4 Å². The Balaban J connectivity index is 1.70. The highest BCUT2D eigenvalue weighted by atomic mass is 79.9. The van der Waals surface area contributed by atoms with Gasteiger partial charge in [-0.1, -0.05) is 60.1 Å². The van der Waals surface area contributed by atoms with Gasteiger partial charge in [0, 0.05) is 4.47 Å². The zero-order valence-corrected chi connectivity index (χ0v) is 15.1. The number of hydrogen-bond acceptors (Lipinski definition) is 2. The maximum atomic E-state index is 11.9. The molecule has 0 fully saturated rings. The van der Waals surface area contributed by atoms with E-state index in [9.17, 15) is 4.79 Å². The van der Waals surface area contributed by atoms with Crippen LogP contribution in [0.3, 0.4) is 0 Å². The van der Waals surface area contributed by atoms with Crippen LogP contribution in [0, 0.1) is 0 Å². The maximum absolute atomic E-state index is 11.9. The monoisotopic (exact) mass is 375 g/mol. The fourth-order valence-electron chi connectivity index (χ4n) is 2.19. The van der Waals surface area contributed by atoms with E-state index in [4.69, 9.17) is 4.74 Å². The summed E-state index contributed by atoms with van der Waals surface area (Å²) in [7, 11) is 0. The average Bonchev–Trinajstić information content (AvgIpc) is 2.54. The van der Waals surface area contributed by atoms with E-state index in [2.05, 4.69) is 47.2 Å². The molecule has 0 aromatic heterocycles. The minimum absolute atomic E-state index is 0.00402. The van der Waals surface area contributed by atoms with Crippen LogP contribution in [0.4, 0.5) is 0 Å². The molecule has 0 aliphatic rings. The smallest absolute Gasteiger partial charge is 0.224 e. The molecule has 1 N–H and O–H groups in total. The standard InChI is InChI=1S/C19H22BrNO2/c1-14(2)15-7-9-17(10-8-15)23-12-11-21-19(22)13-16-5-3-4-6-18(16)20/h3-10,14H,11-13H2,1-2H3,(H,21,22). The van der Waals surface area contributed by atoms with Gasteiger partial charge in [0.05, 0.1) is 13.0 Å². The third-order valence-corrected chi connectivity index (χ3v) is 4.32. The molecule has 0 spiro atoms. The molecule has 122 valence electrons. The molecule has 0 heterocycles. The fourth-order valence-corrected chi connectivity index (χ4v) is 2.61. The number of rotatable bonds is 7. The number of carbonyl (C=O) groups is 1. The lowest BCUT2D eigenvalue weighted by molar-refractivity contribution is -0.120. The van der Waals surface area contributed by atoms with Gasteiger partial charge in [0.1, 0.15) is 12.4 Å². The Morgan fingerprint density at radius 3 is 2.48 bits per heavy atom. The molecule has 2 rings (SSSR count). The first kappa shape index (κ1) is 17.5. The topological polar surface area (TPSA) is 38.3 Å². The zero-order valence-electron chi connectivity index (χ0n) is 13.5. The lowest BCUT2D eigenvalue weighted by Gasteiger charge is -2.10. The first-order chi connectivity index (χ1) is 11.1. The van der Waals surface area contributed by atoms with Gasteiger partial charge in [-0.05, 0) is 35.2 Å². The highest BCUT2D eigenvalue weighted by molar-refractivity contribution is 9.10. The molecule has 0 radical (unpaired) electrons. The van der Waals surface area contributed by atoms with Crippen LogP contribution in [0.15, 0.2) is 53.0 Å². The lowest BCUT2D eigenvalue weighted by Crippen LogP contribution is -2.29. The van der Waals surface area contributed by atoms with Crippen LogP contribution < -0.4 is 10.1 Å². The number of halogens is 1. The predicted octanol–water partition coefficient (Wildman–Crippen LogP) is 4.31. The Bertz CT molecular complexity index is 638. The number of hydrogen-bond donors (Lipinski definition) is 1. The Kier molecular flexibility index (Phi) is 6.66. The summed E-state index contributed by atoms with van der Waals surface area (Å²) in [5, 5.41) is 2.87. The minimum Gasteiger partial charge on any atom is -0.492 e. The van der Waals surface area contributed by atoms with E-state index in [1.54, 1.807) is 0 Å². The summed E-state index contributed by atoms with van der Waals surface area (Å²) in [4.78, 5) is 11.9. The van der Waals surface area contributed by atoms with Crippen molar-refractivity contribution in [1.82, 2.24) is 5.32 Å². The normalized spacial score (nSPS) is 10.6. The Morgan fingerprint density at radius 1 is 1.13 bits per heavy atom. The van der Waals surface area contributed by atoms with Gasteiger partial charge in [0.2, 0.25) is 5.91 Å². The van der Waals surface area contributed by atoms with Gasteiger partial charge in [0.15, 0.2) is 0 Å². The molecular formula is C19H22BrNO2. The number of ether oxygens (including phenoxy) is 1. The quantitative estimate of drug-likeness (QED) is 0.732. The van der Waals surface area contributed by atoms with Gasteiger partial charge in [0.25, 0.3) is 0 Å². The Hall–Kier alpha value is -1.81. The Labute approximate surface area is 146 Å². The molecule has 0 aliphatic carbocycles. The molecule has 2 aromatic rings. The fraction of sp³-hybridized carbons (Fsp3) is 0.316. The molecule has 4 heteroatoms. The summed E-state index contributed by atoms with van der Waals surface area (Å²) in [6.45, 7) is 5.28. The van der Waals surface area contributed by atoms with Crippen molar-refractivity contribution in [3.8, 4) is 5.75 Å². The van der Waals surface area contributed by atoms with Crippen molar-refractivity contribution in [2.24, 2.45) is 0 Å². The highest BCUT2D eigenvalue weighted by Gasteiger charge is 2.06. The summed E-state index contributed by atoms with van der Waals surface area (Å²) >= 11 is 3.45. The predicted molar refractivity (Wildman–Crippen MR) is 96.9 cm³/mol. The van der Waals surface area contributed by atoms with E-state index in [-0.39, 0.29) is 5.91 Å². The second-order valence-corrected chi connectivity index (χ2v) is 6.54. The van der Waals surface area contributed by atoms with Gasteiger partial charge in [-0.3, -0.25) is 4.79 Å². The number of nitrogens with one attached hydrogen (secondary N) is 1. The SMILES string of the molecule is CC(C)c1ccc(OCCNC(=O)Cc2ccccc2Br)cc1. The van der Waals surface area contributed by atoms with Crippen LogP contribution in [0.2, 0.25) is 0 Å². The molecular weight excluding hydrogens is 354 g/mol. The molecule has 0 saturated carbocycles. The maximum Gasteiger partial charge on any atom is 0.224 e. The van der Waals surface area contributed by atoms with Crippen molar-refractivity contribution >= 4 is 21.8 Å². The number of benzene rings is 2. The van der Waals surface area contributed by atoms with Crippen molar-refractivity contribution in [3.05, 3.63) is 64.1 Å². The minimum atomic E-state index is -0.00402. The second-order valence-electron chi connectivity index (χ2n) is 5.69. The van der Waals surface area contributed by atoms with E-state index >= 15 is 0 Å². The van der Waals surface area contributed by atoms with Crippen LogP contribution in [-0.4, -0.2) is 19.1 Å². The van der Waals surface area contributed by atoms with Crippen LogP contribution in [0.5, 0.6) is 5.75 Å². The first-order valence-electron chi connectivity index (χ1n) is 7.79. The van der Waals surface area contributed by atoms with E-state index in [1.165, 1.54) is 5.56 Å². The van der Waals surface area contributed by atoms with Crippen molar-refractivity contribution in [3.63, 3.8) is 0 Å². The molecule has 0 saturated heterocycles. The summed E-state index contributed by atoms with van der Waals surface area (Å²) < 4.78 is 6.60. The summed E-state index contributed by atoms with van der Waals surface area (Å²) in [5.41, 5.74) is 2.27. The van der Waals surface area contributed by atoms with Crippen LogP contribution >= 0.6 is 15.9 Å². The van der Waals surface area contributed by atoms with Gasteiger partial charge < -0.3 is 10.1 Å². The summed E-state index contributed by atoms with van der Waals surface area (Å²) in [6.07, 6.45) is 0.366. The van der Waals surface area contributed by atoms with E-state index in [0.29, 0.717) is 25.5 Å². The molecule has 1 amide bonds. The van der Waals surface area contributed by atoms with Gasteiger partial charge in [-0.15, -0.1) is 0 Å². The molecule has 3 nitrogen and oxygen atoms in total. The zero-order chi connectivity index (χ0) is 16.7. The summed E-state index contributed by atoms with van der Waals surface area (Å²) in [6, 6.07) is 15.8. The van der Waals surface area contributed by atoms with E-state index < -0.39 is 0 Å². The highest BCUT2D eigenvalue weighted by Crippen LogP contribution is 2.18. The van der Waals surface area contributed by atoms with Crippen LogP contribution in [-0.2, 0) is 11.2 Å². The first-order valence-corrected chi connectivity index (χ1v) is 8.58. The van der Waals surface area contributed by atoms with Gasteiger partial charge in [-0.25, -0.2) is 0 Å². The van der Waals surface area contributed by atoms with Crippen molar-refractivity contribution in [2.75, 3.05) is 13.2 Å². The molecule has 0 bridgehead atoms. The second kappa shape index (κ2) is 8.73. The van der Waals surface area contributed by atoms with Gasteiger partial charge in [-0.2, -0.15) is 0 Å². The molecule has 0 unspecified atom stereocenters. The Morgan fingerprint density at radius 2 is 1.83 bits per heavy atom. The van der Waals surface area contributed by atoms with Crippen molar-refractivity contribution in [1.29, 1.82) is 0 Å². The molecule has 0 atom stereocenters. The van der Waals surface area contributed by atoms with Crippen LogP contribution in [0.1, 0.15) is 30.9 Å². The van der Waals surface area contributed by atoms with Gasteiger partial charge >= 0.3 is 0 Å². The summed E-state index contributed by atoms with van der Waals surface area (Å²) in [5.74, 6) is 1.34. The van der Waals surface area contributed by atoms with Crippen molar-refractivity contribution < 1.29 is 9.53 Å². The largest absolute Gasteiger partial charge is 0.492 e. The van der Waals surface area contributed by atoms with E-state index in [0.717, 1.165) is 15.8 Å². The average molecular weight is 376 g/mol. The number of carbonyl (C=O) groups excluding carboxylic acids is 1. The van der Waals surface area contributed by atoms with Crippen molar-refractivity contribution in [2.45, 2.75) is 26.2 Å². The molecule has 23 heavy (non-hydrogen) atoms.